The van der Waals surface area contributed by atoms with Gasteiger partial charge in [0.15, 0.2) is 0 Å². The molecular formula is C27H47NS. The number of benzene rings is 1. The molecule has 0 amide bonds. The van der Waals surface area contributed by atoms with Gasteiger partial charge in [-0.15, -0.1) is 6.58 Å². The molecule has 166 valence electrons. The van der Waals surface area contributed by atoms with Gasteiger partial charge in [-0.1, -0.05) is 82.4 Å². The van der Waals surface area contributed by atoms with Crippen LogP contribution < -0.4 is 0 Å². The molecule has 3 unspecified atom stereocenters. The molecule has 1 fully saturated rings. The molecule has 1 saturated carbocycles. The quantitative estimate of drug-likeness (QED) is 0.263. The lowest BCUT2D eigenvalue weighted by molar-refractivity contribution is 0.199. The highest BCUT2D eigenvalue weighted by Crippen LogP contribution is 2.35. The Morgan fingerprint density at radius 3 is 2.34 bits per heavy atom. The summed E-state index contributed by atoms with van der Waals surface area (Å²) in [6.07, 6.45) is 19.1. The molecule has 1 aliphatic rings. The summed E-state index contributed by atoms with van der Waals surface area (Å²) in [6, 6.07) is 11.7. The first-order valence-electron chi connectivity index (χ1n) is 11.8. The van der Waals surface area contributed by atoms with E-state index in [1.165, 1.54) is 76.2 Å². The molecular weight excluding hydrogens is 370 g/mol. The molecule has 1 aromatic rings. The average molecular weight is 418 g/mol. The topological polar surface area (TPSA) is 3.24 Å². The molecule has 0 spiro atoms. The summed E-state index contributed by atoms with van der Waals surface area (Å²) >= 11 is 2.04. The summed E-state index contributed by atoms with van der Waals surface area (Å²) < 4.78 is 0.531. The molecule has 0 heterocycles. The number of rotatable bonds is 11. The molecule has 2 rings (SSSR count). The zero-order valence-electron chi connectivity index (χ0n) is 20.0. The van der Waals surface area contributed by atoms with Gasteiger partial charge in [0, 0.05) is 10.8 Å². The van der Waals surface area contributed by atoms with Gasteiger partial charge >= 0.3 is 0 Å². The van der Waals surface area contributed by atoms with Crippen LogP contribution in [0.4, 0.5) is 0 Å². The highest BCUT2D eigenvalue weighted by molar-refractivity contribution is 7.99. The van der Waals surface area contributed by atoms with Gasteiger partial charge in [0.2, 0.25) is 0 Å². The first-order valence-corrected chi connectivity index (χ1v) is 13.1. The van der Waals surface area contributed by atoms with E-state index in [1.807, 2.05) is 17.8 Å². The van der Waals surface area contributed by atoms with Crippen LogP contribution in [0.1, 0.15) is 96.0 Å². The maximum absolute atomic E-state index is 3.75. The van der Waals surface area contributed by atoms with Gasteiger partial charge in [0.05, 0.1) is 0 Å². The van der Waals surface area contributed by atoms with E-state index in [-0.39, 0.29) is 0 Å². The second-order valence-electron chi connectivity index (χ2n) is 9.12. The largest absolute Gasteiger partial charge is 0.306 e. The summed E-state index contributed by atoms with van der Waals surface area (Å²) in [5, 5.41) is 0. The zero-order valence-corrected chi connectivity index (χ0v) is 20.8. The van der Waals surface area contributed by atoms with Crippen molar-refractivity contribution in [1.82, 2.24) is 4.90 Å². The Hall–Kier alpha value is -0.730. The van der Waals surface area contributed by atoms with Crippen molar-refractivity contribution in [2.45, 2.75) is 101 Å². The molecule has 0 saturated heterocycles. The highest BCUT2D eigenvalue weighted by atomic mass is 32.2. The van der Waals surface area contributed by atoms with Crippen LogP contribution in [0.2, 0.25) is 0 Å². The van der Waals surface area contributed by atoms with Crippen LogP contribution in [0, 0.1) is 0 Å². The van der Waals surface area contributed by atoms with Crippen molar-refractivity contribution >= 4 is 11.8 Å². The van der Waals surface area contributed by atoms with Gasteiger partial charge in [-0.3, -0.25) is 0 Å². The average Bonchev–Trinajstić information content (AvgIpc) is 2.75. The van der Waals surface area contributed by atoms with Crippen LogP contribution in [0.15, 0.2) is 43.0 Å². The first kappa shape index (κ1) is 26.3. The first-order chi connectivity index (χ1) is 14.0. The molecule has 1 aromatic carbocycles. The van der Waals surface area contributed by atoms with Gasteiger partial charge in [0.1, 0.15) is 0 Å². The van der Waals surface area contributed by atoms with E-state index >= 15 is 0 Å². The van der Waals surface area contributed by atoms with Crippen LogP contribution in [-0.2, 0) is 0 Å². The SMILES string of the molecule is C=CCCCCCC(C)(CCC)SC.CN(C)C1CCCCC1c1ccccc1. The maximum Gasteiger partial charge on any atom is 0.0158 e. The predicted molar refractivity (Wildman–Crippen MR) is 135 cm³/mol. The molecule has 0 radical (unpaired) electrons. The monoisotopic (exact) mass is 417 g/mol. The molecule has 0 aliphatic heterocycles. The zero-order chi connectivity index (χ0) is 21.5. The van der Waals surface area contributed by atoms with Crippen molar-refractivity contribution in [2.75, 3.05) is 20.4 Å². The normalized spacial score (nSPS) is 21.2. The molecule has 2 heteroatoms. The smallest absolute Gasteiger partial charge is 0.0158 e. The predicted octanol–water partition coefficient (Wildman–Crippen LogP) is 8.32. The summed E-state index contributed by atoms with van der Waals surface area (Å²) in [6.45, 7) is 8.44. The standard InChI is InChI=1S/C14H21N.C13H26S/c1-15(2)14-11-7-6-10-13(14)12-8-4-3-5-9-12;1-5-7-8-9-10-12-13(3,14-4)11-6-2/h3-5,8-9,13-14H,6-7,10-11H2,1-2H3;5H,1,6-12H2,2-4H3. The lowest BCUT2D eigenvalue weighted by Crippen LogP contribution is -2.36. The van der Waals surface area contributed by atoms with Gasteiger partial charge < -0.3 is 4.90 Å². The second-order valence-corrected chi connectivity index (χ2v) is 10.5. The molecule has 1 nitrogen and oxygen atoms in total. The summed E-state index contributed by atoms with van der Waals surface area (Å²) in [5.74, 6) is 0.745. The number of unbranched alkanes of at least 4 members (excludes halogenated alkanes) is 3. The van der Waals surface area contributed by atoms with E-state index in [0.29, 0.717) is 4.75 Å². The number of thioether (sulfide) groups is 1. The van der Waals surface area contributed by atoms with E-state index in [1.54, 1.807) is 0 Å². The Labute approximate surface area is 186 Å². The van der Waals surface area contributed by atoms with Crippen molar-refractivity contribution in [3.63, 3.8) is 0 Å². The van der Waals surface area contributed by atoms with E-state index in [4.69, 9.17) is 0 Å². The van der Waals surface area contributed by atoms with E-state index < -0.39 is 0 Å². The summed E-state index contributed by atoms with van der Waals surface area (Å²) in [7, 11) is 4.43. The number of allylic oxidation sites excluding steroid dienone is 1. The third-order valence-electron chi connectivity index (χ3n) is 6.51. The Morgan fingerprint density at radius 1 is 1.07 bits per heavy atom. The van der Waals surface area contributed by atoms with Crippen LogP contribution in [0.5, 0.6) is 0 Å². The van der Waals surface area contributed by atoms with Gasteiger partial charge in [-0.05, 0) is 70.4 Å². The Bertz CT molecular complexity index is 527. The summed E-state index contributed by atoms with van der Waals surface area (Å²) in [5.41, 5.74) is 1.52. The lowest BCUT2D eigenvalue weighted by Gasteiger charge is -2.36. The van der Waals surface area contributed by atoms with E-state index in [9.17, 15) is 0 Å². The molecule has 0 aromatic heterocycles. The van der Waals surface area contributed by atoms with Crippen LogP contribution in [0.25, 0.3) is 0 Å². The van der Waals surface area contributed by atoms with Gasteiger partial charge in [-0.2, -0.15) is 11.8 Å². The number of likely N-dealkylation sites (N-methyl/N-ethyl adjacent to an activating group) is 1. The van der Waals surface area contributed by atoms with Crippen molar-refractivity contribution in [3.8, 4) is 0 Å². The second kappa shape index (κ2) is 15.1. The Morgan fingerprint density at radius 2 is 1.76 bits per heavy atom. The van der Waals surface area contributed by atoms with Crippen LogP contribution >= 0.6 is 11.8 Å². The van der Waals surface area contributed by atoms with Crippen molar-refractivity contribution in [2.24, 2.45) is 0 Å². The highest BCUT2D eigenvalue weighted by Gasteiger charge is 2.27. The van der Waals surface area contributed by atoms with Crippen molar-refractivity contribution < 1.29 is 0 Å². The lowest BCUT2D eigenvalue weighted by atomic mass is 9.79. The van der Waals surface area contributed by atoms with Crippen LogP contribution in [-0.4, -0.2) is 36.0 Å². The Kier molecular flexibility index (Phi) is 13.7. The van der Waals surface area contributed by atoms with Crippen molar-refractivity contribution in [1.29, 1.82) is 0 Å². The fourth-order valence-electron chi connectivity index (χ4n) is 4.64. The molecule has 3 atom stereocenters. The number of hydrogen-bond donors (Lipinski definition) is 0. The molecule has 0 bridgehead atoms. The minimum absolute atomic E-state index is 0.531. The fraction of sp³-hybridized carbons (Fsp3) is 0.704. The minimum Gasteiger partial charge on any atom is -0.306 e. The molecule has 1 aliphatic carbocycles. The van der Waals surface area contributed by atoms with E-state index in [2.05, 4.69) is 76.0 Å². The summed E-state index contributed by atoms with van der Waals surface area (Å²) in [4.78, 5) is 2.40. The van der Waals surface area contributed by atoms with Crippen LogP contribution in [0.3, 0.4) is 0 Å². The molecule has 29 heavy (non-hydrogen) atoms. The van der Waals surface area contributed by atoms with Gasteiger partial charge in [-0.25, -0.2) is 0 Å². The number of nitrogens with zero attached hydrogens (tertiary/aromatic N) is 1. The number of hydrogen-bond acceptors (Lipinski definition) is 2. The van der Waals surface area contributed by atoms with Gasteiger partial charge in [0.25, 0.3) is 0 Å². The Balaban J connectivity index is 0.000000291. The molecule has 0 N–H and O–H groups in total. The third kappa shape index (κ3) is 10.2. The third-order valence-corrected chi connectivity index (χ3v) is 7.90. The fourth-order valence-corrected chi connectivity index (χ4v) is 5.40. The minimum atomic E-state index is 0.531. The maximum atomic E-state index is 3.75. The van der Waals surface area contributed by atoms with Crippen molar-refractivity contribution in [3.05, 3.63) is 48.6 Å². The van der Waals surface area contributed by atoms with E-state index in [0.717, 1.165) is 12.0 Å².